The Morgan fingerprint density at radius 3 is 2.28 bits per heavy atom. The first-order valence-electron chi connectivity index (χ1n) is 7.18. The van der Waals surface area contributed by atoms with E-state index >= 15 is 0 Å². The van der Waals surface area contributed by atoms with E-state index in [4.69, 9.17) is 4.74 Å². The van der Waals surface area contributed by atoms with Gasteiger partial charge in [0, 0.05) is 5.69 Å². The van der Waals surface area contributed by atoms with Gasteiger partial charge in [-0.1, -0.05) is 24.8 Å². The van der Waals surface area contributed by atoms with Crippen molar-refractivity contribution in [3.8, 4) is 5.75 Å². The van der Waals surface area contributed by atoms with Crippen molar-refractivity contribution in [1.82, 2.24) is 5.32 Å². The number of rotatable bonds is 6. The van der Waals surface area contributed by atoms with E-state index in [2.05, 4.69) is 17.2 Å². The van der Waals surface area contributed by atoms with E-state index in [0.717, 1.165) is 6.08 Å². The van der Waals surface area contributed by atoms with Crippen molar-refractivity contribution < 1.29 is 22.7 Å². The number of hydrogen-bond acceptors (Lipinski definition) is 5. The second kappa shape index (κ2) is 8.11. The Morgan fingerprint density at radius 2 is 1.68 bits per heavy atom. The Balaban J connectivity index is 1.98. The van der Waals surface area contributed by atoms with Crippen LogP contribution in [0.3, 0.4) is 0 Å². The lowest BCUT2D eigenvalue weighted by Crippen LogP contribution is -2.28. The summed E-state index contributed by atoms with van der Waals surface area (Å²) in [5.74, 6) is -0.733. The SMILES string of the molecule is C=CC(=O)NCS(=O)(=O)c1ccc(NC(=O)Oc2ccccc2)cc1. The minimum absolute atomic E-state index is 0.0128. The highest BCUT2D eigenvalue weighted by atomic mass is 32.2. The fraction of sp³-hybridized carbons (Fsp3) is 0.0588. The smallest absolute Gasteiger partial charge is 0.410 e. The molecule has 130 valence electrons. The van der Waals surface area contributed by atoms with Gasteiger partial charge < -0.3 is 10.1 Å². The number of carbonyl (C=O) groups excluding carboxylic acids is 2. The highest BCUT2D eigenvalue weighted by Gasteiger charge is 2.15. The van der Waals surface area contributed by atoms with Crippen molar-refractivity contribution in [2.75, 3.05) is 11.2 Å². The number of sulfone groups is 1. The van der Waals surface area contributed by atoms with Crippen LogP contribution in [0.15, 0.2) is 72.1 Å². The third-order valence-electron chi connectivity index (χ3n) is 3.04. The molecule has 2 N–H and O–H groups in total. The van der Waals surface area contributed by atoms with Gasteiger partial charge in [0.15, 0.2) is 9.84 Å². The summed E-state index contributed by atoms with van der Waals surface area (Å²) < 4.78 is 29.2. The fourth-order valence-electron chi connectivity index (χ4n) is 1.81. The predicted octanol–water partition coefficient (Wildman–Crippen LogP) is 2.33. The maximum Gasteiger partial charge on any atom is 0.417 e. The van der Waals surface area contributed by atoms with Gasteiger partial charge in [0.05, 0.1) is 4.90 Å². The number of nitrogens with one attached hydrogen (secondary N) is 2. The molecule has 0 radical (unpaired) electrons. The van der Waals surface area contributed by atoms with Crippen LogP contribution in [0, 0.1) is 0 Å². The van der Waals surface area contributed by atoms with Crippen LogP contribution in [-0.2, 0) is 14.6 Å². The molecule has 2 aromatic rings. The standard InChI is InChI=1S/C17H16N2O5S/c1-2-16(20)18-12-25(22,23)15-10-8-13(9-11-15)19-17(21)24-14-6-4-3-5-7-14/h2-11H,1,12H2,(H,18,20)(H,19,21). The van der Waals surface area contributed by atoms with Crippen LogP contribution in [0.25, 0.3) is 0 Å². The lowest BCUT2D eigenvalue weighted by molar-refractivity contribution is -0.116. The lowest BCUT2D eigenvalue weighted by Gasteiger charge is -2.08. The molecule has 0 spiro atoms. The summed E-state index contributed by atoms with van der Waals surface area (Å²) in [6, 6.07) is 14.0. The van der Waals surface area contributed by atoms with Gasteiger partial charge in [0.25, 0.3) is 0 Å². The van der Waals surface area contributed by atoms with Crippen molar-refractivity contribution >= 4 is 27.5 Å². The zero-order valence-corrected chi connectivity index (χ0v) is 14.0. The van der Waals surface area contributed by atoms with Crippen molar-refractivity contribution in [3.05, 3.63) is 67.3 Å². The summed E-state index contributed by atoms with van der Waals surface area (Å²) in [6.45, 7) is 3.24. The molecule has 0 aromatic heterocycles. The van der Waals surface area contributed by atoms with E-state index in [9.17, 15) is 18.0 Å². The predicted molar refractivity (Wildman–Crippen MR) is 92.9 cm³/mol. The molecule has 0 aliphatic heterocycles. The topological polar surface area (TPSA) is 102 Å². The largest absolute Gasteiger partial charge is 0.417 e. The van der Waals surface area contributed by atoms with Crippen LogP contribution >= 0.6 is 0 Å². The maximum absolute atomic E-state index is 12.1. The molecule has 0 heterocycles. The summed E-state index contributed by atoms with van der Waals surface area (Å²) in [5, 5.41) is 4.70. The normalized spacial score (nSPS) is 10.6. The molecule has 0 unspecified atom stereocenters. The average Bonchev–Trinajstić information content (AvgIpc) is 2.61. The molecule has 2 amide bonds. The van der Waals surface area contributed by atoms with E-state index in [1.54, 1.807) is 30.3 Å². The third kappa shape index (κ3) is 5.47. The summed E-state index contributed by atoms with van der Waals surface area (Å²) in [5.41, 5.74) is 0.370. The number of para-hydroxylation sites is 1. The Bertz CT molecular complexity index is 862. The molecule has 0 fully saturated rings. The van der Waals surface area contributed by atoms with Crippen molar-refractivity contribution in [3.63, 3.8) is 0 Å². The van der Waals surface area contributed by atoms with Crippen LogP contribution in [0.1, 0.15) is 0 Å². The fourth-order valence-corrected chi connectivity index (χ4v) is 2.86. The summed E-state index contributed by atoms with van der Waals surface area (Å²) >= 11 is 0. The van der Waals surface area contributed by atoms with E-state index in [0.29, 0.717) is 11.4 Å². The van der Waals surface area contributed by atoms with E-state index in [1.807, 2.05) is 0 Å². The molecule has 0 atom stereocenters. The van der Waals surface area contributed by atoms with Crippen molar-refractivity contribution in [2.45, 2.75) is 4.90 Å². The monoisotopic (exact) mass is 360 g/mol. The van der Waals surface area contributed by atoms with Gasteiger partial charge in [-0.25, -0.2) is 13.2 Å². The molecule has 25 heavy (non-hydrogen) atoms. The van der Waals surface area contributed by atoms with Crippen LogP contribution < -0.4 is 15.4 Å². The van der Waals surface area contributed by atoms with Gasteiger partial charge >= 0.3 is 6.09 Å². The molecule has 0 aliphatic carbocycles. The molecule has 7 nitrogen and oxygen atoms in total. The zero-order valence-electron chi connectivity index (χ0n) is 13.1. The van der Waals surface area contributed by atoms with E-state index in [-0.39, 0.29) is 4.90 Å². The van der Waals surface area contributed by atoms with E-state index in [1.165, 1.54) is 24.3 Å². The van der Waals surface area contributed by atoms with Gasteiger partial charge in [0.2, 0.25) is 5.91 Å². The van der Waals surface area contributed by atoms with Crippen LogP contribution in [0.4, 0.5) is 10.5 Å². The van der Waals surface area contributed by atoms with Crippen LogP contribution in [0.5, 0.6) is 5.75 Å². The summed E-state index contributed by atoms with van der Waals surface area (Å²) in [6.07, 6.45) is 0.293. The molecule has 8 heteroatoms. The molecule has 0 aliphatic rings. The molecular weight excluding hydrogens is 344 g/mol. The number of amides is 2. The van der Waals surface area contributed by atoms with E-state index < -0.39 is 27.7 Å². The maximum atomic E-state index is 12.1. The highest BCUT2D eigenvalue weighted by molar-refractivity contribution is 7.91. The summed E-state index contributed by atoms with van der Waals surface area (Å²) in [4.78, 5) is 22.8. The van der Waals surface area contributed by atoms with Gasteiger partial charge in [-0.05, 0) is 42.5 Å². The first kappa shape index (κ1) is 18.2. The second-order valence-corrected chi connectivity index (χ2v) is 6.85. The second-order valence-electron chi connectivity index (χ2n) is 4.86. The lowest BCUT2D eigenvalue weighted by atomic mass is 10.3. The van der Waals surface area contributed by atoms with Gasteiger partial charge in [-0.3, -0.25) is 10.1 Å². The molecular formula is C17H16N2O5S. The van der Waals surface area contributed by atoms with Gasteiger partial charge in [-0.15, -0.1) is 0 Å². The van der Waals surface area contributed by atoms with Crippen LogP contribution in [-0.4, -0.2) is 26.3 Å². The average molecular weight is 360 g/mol. The number of hydrogen-bond donors (Lipinski definition) is 2. The minimum Gasteiger partial charge on any atom is -0.410 e. The zero-order chi connectivity index (χ0) is 18.3. The Labute approximate surface area is 145 Å². The molecule has 0 saturated carbocycles. The van der Waals surface area contributed by atoms with Crippen LogP contribution in [0.2, 0.25) is 0 Å². The number of carbonyl (C=O) groups is 2. The minimum atomic E-state index is -3.68. The Morgan fingerprint density at radius 1 is 1.04 bits per heavy atom. The molecule has 2 rings (SSSR count). The van der Waals surface area contributed by atoms with Gasteiger partial charge in [-0.2, -0.15) is 0 Å². The molecule has 2 aromatic carbocycles. The summed E-state index contributed by atoms with van der Waals surface area (Å²) in [7, 11) is -3.68. The first-order chi connectivity index (χ1) is 11.9. The Kier molecular flexibility index (Phi) is 5.91. The Hall–Kier alpha value is -3.13. The highest BCUT2D eigenvalue weighted by Crippen LogP contribution is 2.16. The first-order valence-corrected chi connectivity index (χ1v) is 8.83. The number of anilines is 1. The molecule has 0 bridgehead atoms. The third-order valence-corrected chi connectivity index (χ3v) is 4.55. The van der Waals surface area contributed by atoms with Crippen molar-refractivity contribution in [2.24, 2.45) is 0 Å². The number of benzene rings is 2. The number of ether oxygens (including phenoxy) is 1. The van der Waals surface area contributed by atoms with Gasteiger partial charge in [0.1, 0.15) is 11.6 Å². The molecule has 0 saturated heterocycles. The van der Waals surface area contributed by atoms with Crippen molar-refractivity contribution in [1.29, 1.82) is 0 Å². The quantitative estimate of drug-likeness (QED) is 0.770.